The van der Waals surface area contributed by atoms with Crippen LogP contribution >= 0.6 is 0 Å². The van der Waals surface area contributed by atoms with E-state index in [-0.39, 0.29) is 23.6 Å². The molecule has 0 saturated carbocycles. The van der Waals surface area contributed by atoms with Crippen molar-refractivity contribution in [3.8, 4) is 0 Å². The fourth-order valence-corrected chi connectivity index (χ4v) is 1.04. The number of hydrazone groups is 1. The standard InChI is InChI=1S/C9H13N3O4/c1-6(13)12-7(14-2)5-10-8(15-3)9(11-12)16-4/h5H,1-4H3. The van der Waals surface area contributed by atoms with Crippen LogP contribution in [0.1, 0.15) is 6.92 Å². The van der Waals surface area contributed by atoms with Crippen molar-refractivity contribution in [2.75, 3.05) is 21.3 Å². The Morgan fingerprint density at radius 3 is 2.25 bits per heavy atom. The molecule has 0 bridgehead atoms. The summed E-state index contributed by atoms with van der Waals surface area (Å²) in [6.45, 7) is 1.35. The fraction of sp³-hybridized carbons (Fsp3) is 0.444. The Labute approximate surface area is 93.0 Å². The number of carbonyl (C=O) groups is 1. The summed E-state index contributed by atoms with van der Waals surface area (Å²) in [6.07, 6.45) is 1.33. The van der Waals surface area contributed by atoms with Crippen LogP contribution in [0.3, 0.4) is 0 Å². The van der Waals surface area contributed by atoms with Crippen molar-refractivity contribution in [2.45, 2.75) is 6.92 Å². The average molecular weight is 227 g/mol. The molecule has 1 amide bonds. The Bertz CT molecular complexity index is 373. The summed E-state index contributed by atoms with van der Waals surface area (Å²) in [5.74, 6) is 0.131. The molecule has 88 valence electrons. The van der Waals surface area contributed by atoms with Gasteiger partial charge in [0, 0.05) is 6.92 Å². The monoisotopic (exact) mass is 227 g/mol. The zero-order valence-corrected chi connectivity index (χ0v) is 9.55. The van der Waals surface area contributed by atoms with Gasteiger partial charge in [0.25, 0.3) is 11.8 Å². The highest BCUT2D eigenvalue weighted by Crippen LogP contribution is 2.11. The van der Waals surface area contributed by atoms with E-state index in [2.05, 4.69) is 10.1 Å². The van der Waals surface area contributed by atoms with Crippen molar-refractivity contribution in [1.82, 2.24) is 5.01 Å². The minimum atomic E-state index is -0.324. The smallest absolute Gasteiger partial charge is 0.295 e. The minimum Gasteiger partial charge on any atom is -0.480 e. The first-order chi connectivity index (χ1) is 7.63. The zero-order valence-electron chi connectivity index (χ0n) is 9.55. The van der Waals surface area contributed by atoms with Gasteiger partial charge in [0.15, 0.2) is 0 Å². The molecule has 0 aromatic heterocycles. The lowest BCUT2D eigenvalue weighted by molar-refractivity contribution is -0.129. The molecule has 16 heavy (non-hydrogen) atoms. The van der Waals surface area contributed by atoms with Crippen LogP contribution in [0.5, 0.6) is 0 Å². The molecule has 0 atom stereocenters. The van der Waals surface area contributed by atoms with E-state index in [9.17, 15) is 4.79 Å². The van der Waals surface area contributed by atoms with Gasteiger partial charge < -0.3 is 14.2 Å². The van der Waals surface area contributed by atoms with Crippen molar-refractivity contribution in [3.63, 3.8) is 0 Å². The lowest BCUT2D eigenvalue weighted by Gasteiger charge is -2.15. The number of ether oxygens (including phenoxy) is 3. The van der Waals surface area contributed by atoms with Gasteiger partial charge in [-0.2, -0.15) is 5.01 Å². The van der Waals surface area contributed by atoms with Crippen molar-refractivity contribution in [1.29, 1.82) is 0 Å². The first-order valence-electron chi connectivity index (χ1n) is 4.43. The van der Waals surface area contributed by atoms with E-state index in [1.54, 1.807) is 0 Å². The Balaban J connectivity index is 3.17. The molecule has 0 unspecified atom stereocenters. The van der Waals surface area contributed by atoms with Crippen LogP contribution < -0.4 is 0 Å². The van der Waals surface area contributed by atoms with Crippen molar-refractivity contribution in [3.05, 3.63) is 12.1 Å². The number of amides is 1. The molecular formula is C9H13N3O4. The molecule has 0 N–H and O–H groups in total. The molecule has 0 aromatic rings. The fourth-order valence-electron chi connectivity index (χ4n) is 1.04. The second kappa shape index (κ2) is 5.15. The summed E-state index contributed by atoms with van der Waals surface area (Å²) in [4.78, 5) is 15.3. The topological polar surface area (TPSA) is 72.7 Å². The lowest BCUT2D eigenvalue weighted by atomic mass is 10.6. The number of nitrogens with zero attached hydrogens (tertiary/aromatic N) is 3. The van der Waals surface area contributed by atoms with Gasteiger partial charge in [0.2, 0.25) is 11.8 Å². The third-order valence-corrected chi connectivity index (χ3v) is 1.77. The van der Waals surface area contributed by atoms with E-state index in [1.165, 1.54) is 34.5 Å². The second-order valence-corrected chi connectivity index (χ2v) is 2.75. The number of carbonyl (C=O) groups excluding carboxylic acids is 1. The molecule has 7 nitrogen and oxygen atoms in total. The predicted molar refractivity (Wildman–Crippen MR) is 56.5 cm³/mol. The molecule has 1 aliphatic heterocycles. The van der Waals surface area contributed by atoms with Gasteiger partial charge >= 0.3 is 0 Å². The van der Waals surface area contributed by atoms with Crippen LogP contribution in [-0.4, -0.2) is 44.0 Å². The van der Waals surface area contributed by atoms with Crippen molar-refractivity contribution in [2.24, 2.45) is 10.1 Å². The molecule has 0 spiro atoms. The molecule has 1 rings (SSSR count). The molecule has 7 heteroatoms. The number of rotatable bonds is 1. The van der Waals surface area contributed by atoms with Gasteiger partial charge in [0.1, 0.15) is 0 Å². The average Bonchev–Trinajstić information content (AvgIpc) is 2.46. The van der Waals surface area contributed by atoms with Gasteiger partial charge in [-0.15, -0.1) is 5.10 Å². The summed E-state index contributed by atoms with van der Waals surface area (Å²) < 4.78 is 14.9. The molecule has 0 fully saturated rings. The SMILES string of the molecule is COC1=CN=C(OC)C(OC)=NN1C(C)=O. The Hall–Kier alpha value is -2.05. The van der Waals surface area contributed by atoms with Gasteiger partial charge in [-0.3, -0.25) is 4.79 Å². The van der Waals surface area contributed by atoms with Gasteiger partial charge in [0.05, 0.1) is 27.5 Å². The quantitative estimate of drug-likeness (QED) is 0.645. The highest BCUT2D eigenvalue weighted by molar-refractivity contribution is 6.35. The predicted octanol–water partition coefficient (Wildman–Crippen LogP) is 0.299. The van der Waals surface area contributed by atoms with E-state index < -0.39 is 0 Å². The third kappa shape index (κ3) is 2.30. The Morgan fingerprint density at radius 2 is 1.81 bits per heavy atom. The zero-order chi connectivity index (χ0) is 12.1. The number of methoxy groups -OCH3 is 3. The van der Waals surface area contributed by atoms with E-state index in [0.717, 1.165) is 5.01 Å². The Morgan fingerprint density at radius 1 is 1.19 bits per heavy atom. The molecule has 0 aliphatic carbocycles. The number of hydrogen-bond donors (Lipinski definition) is 0. The molecule has 0 saturated heterocycles. The van der Waals surface area contributed by atoms with Gasteiger partial charge in [-0.05, 0) is 0 Å². The summed E-state index contributed by atoms with van der Waals surface area (Å²) in [7, 11) is 4.25. The first kappa shape index (κ1) is 12.0. The van der Waals surface area contributed by atoms with Crippen LogP contribution in [0.15, 0.2) is 22.2 Å². The largest absolute Gasteiger partial charge is 0.480 e. The van der Waals surface area contributed by atoms with Crippen LogP contribution in [0, 0.1) is 0 Å². The summed E-state index contributed by atoms with van der Waals surface area (Å²) in [6, 6.07) is 0. The molecule has 0 radical (unpaired) electrons. The maximum Gasteiger partial charge on any atom is 0.295 e. The summed E-state index contributed by atoms with van der Waals surface area (Å²) in [5, 5.41) is 4.96. The number of hydrogen-bond acceptors (Lipinski definition) is 6. The van der Waals surface area contributed by atoms with E-state index in [0.29, 0.717) is 0 Å². The second-order valence-electron chi connectivity index (χ2n) is 2.75. The van der Waals surface area contributed by atoms with Crippen molar-refractivity contribution >= 4 is 17.7 Å². The maximum absolute atomic E-state index is 11.3. The highest BCUT2D eigenvalue weighted by atomic mass is 16.5. The highest BCUT2D eigenvalue weighted by Gasteiger charge is 2.22. The molecular weight excluding hydrogens is 214 g/mol. The van der Waals surface area contributed by atoms with E-state index in [1.807, 2.05) is 0 Å². The lowest BCUT2D eigenvalue weighted by Crippen LogP contribution is -2.27. The minimum absolute atomic E-state index is 0.0981. The van der Waals surface area contributed by atoms with Gasteiger partial charge in [-0.25, -0.2) is 4.99 Å². The molecule has 1 heterocycles. The molecule has 0 aromatic carbocycles. The summed E-state index contributed by atoms with van der Waals surface area (Å²) in [5.41, 5.74) is 0. The first-order valence-corrected chi connectivity index (χ1v) is 4.43. The van der Waals surface area contributed by atoms with E-state index >= 15 is 0 Å². The van der Waals surface area contributed by atoms with Crippen LogP contribution in [0.25, 0.3) is 0 Å². The third-order valence-electron chi connectivity index (χ3n) is 1.77. The normalized spacial score (nSPS) is 15.5. The number of aliphatic imine (C=N–C) groups is 1. The van der Waals surface area contributed by atoms with Crippen molar-refractivity contribution < 1.29 is 19.0 Å². The van der Waals surface area contributed by atoms with E-state index in [4.69, 9.17) is 14.2 Å². The van der Waals surface area contributed by atoms with Crippen LogP contribution in [-0.2, 0) is 19.0 Å². The maximum atomic E-state index is 11.3. The Kier molecular flexibility index (Phi) is 3.87. The van der Waals surface area contributed by atoms with Crippen LogP contribution in [0.4, 0.5) is 0 Å². The van der Waals surface area contributed by atoms with Gasteiger partial charge in [-0.1, -0.05) is 0 Å². The summed E-state index contributed by atoms with van der Waals surface area (Å²) >= 11 is 0. The van der Waals surface area contributed by atoms with Crippen LogP contribution in [0.2, 0.25) is 0 Å². The molecule has 1 aliphatic rings.